The molecule has 0 saturated heterocycles. The SMILES string of the molecule is O=C(NN=Cc1c(O)[nH]c(=S)[nH]c1=O)C1CCCCC1. The number of nitrogens with zero attached hydrogens (tertiary/aromatic N) is 1. The molecule has 0 aliphatic heterocycles. The van der Waals surface area contributed by atoms with Gasteiger partial charge in [0.2, 0.25) is 11.8 Å². The summed E-state index contributed by atoms with van der Waals surface area (Å²) in [5.74, 6) is -0.551. The summed E-state index contributed by atoms with van der Waals surface area (Å²) in [5, 5.41) is 13.2. The van der Waals surface area contributed by atoms with Crippen LogP contribution in [-0.4, -0.2) is 27.2 Å². The summed E-state index contributed by atoms with van der Waals surface area (Å²) in [6.07, 6.45) is 6.10. The van der Waals surface area contributed by atoms with Crippen molar-refractivity contribution in [3.8, 4) is 5.88 Å². The molecule has 1 heterocycles. The van der Waals surface area contributed by atoms with Crippen molar-refractivity contribution in [2.24, 2.45) is 11.0 Å². The van der Waals surface area contributed by atoms with Crippen molar-refractivity contribution >= 4 is 24.3 Å². The lowest BCUT2D eigenvalue weighted by molar-refractivity contribution is -0.125. The molecule has 0 radical (unpaired) electrons. The zero-order chi connectivity index (χ0) is 14.5. The van der Waals surface area contributed by atoms with Gasteiger partial charge in [-0.25, -0.2) is 5.43 Å². The first-order chi connectivity index (χ1) is 9.58. The lowest BCUT2D eigenvalue weighted by atomic mass is 9.89. The number of carbonyl (C=O) groups is 1. The molecule has 1 amide bonds. The number of hydrogen-bond donors (Lipinski definition) is 4. The first-order valence-electron chi connectivity index (χ1n) is 6.46. The number of hydrazone groups is 1. The molecule has 7 nitrogen and oxygen atoms in total. The second kappa shape index (κ2) is 6.47. The second-order valence-electron chi connectivity index (χ2n) is 4.74. The van der Waals surface area contributed by atoms with Gasteiger partial charge in [-0.3, -0.25) is 14.6 Å². The third-order valence-electron chi connectivity index (χ3n) is 3.30. The number of aromatic hydroxyl groups is 1. The predicted molar refractivity (Wildman–Crippen MR) is 76.2 cm³/mol. The number of rotatable bonds is 3. The molecule has 0 bridgehead atoms. The van der Waals surface area contributed by atoms with Crippen molar-refractivity contribution in [2.45, 2.75) is 32.1 Å². The quantitative estimate of drug-likeness (QED) is 0.381. The largest absolute Gasteiger partial charge is 0.494 e. The Bertz CT molecular complexity index is 628. The number of aromatic nitrogens is 2. The van der Waals surface area contributed by atoms with Gasteiger partial charge in [0.05, 0.1) is 6.21 Å². The minimum Gasteiger partial charge on any atom is -0.494 e. The maximum Gasteiger partial charge on any atom is 0.264 e. The summed E-state index contributed by atoms with van der Waals surface area (Å²) < 4.78 is 0.0240. The zero-order valence-corrected chi connectivity index (χ0v) is 11.6. The van der Waals surface area contributed by atoms with E-state index in [0.717, 1.165) is 31.9 Å². The molecule has 0 spiro atoms. The lowest BCUT2D eigenvalue weighted by Crippen LogP contribution is -2.28. The summed E-state index contributed by atoms with van der Waals surface area (Å²) in [6.45, 7) is 0. The topological polar surface area (TPSA) is 110 Å². The highest BCUT2D eigenvalue weighted by molar-refractivity contribution is 7.71. The first-order valence-corrected chi connectivity index (χ1v) is 6.87. The van der Waals surface area contributed by atoms with Crippen LogP contribution in [0.3, 0.4) is 0 Å². The molecular weight excluding hydrogens is 280 g/mol. The van der Waals surface area contributed by atoms with E-state index in [1.54, 1.807) is 0 Å². The molecule has 1 aliphatic rings. The summed E-state index contributed by atoms with van der Waals surface area (Å²) in [4.78, 5) is 28.1. The van der Waals surface area contributed by atoms with E-state index in [2.05, 4.69) is 20.5 Å². The number of aromatic amines is 2. The molecule has 1 aliphatic carbocycles. The standard InChI is InChI=1S/C12H16N4O3S/c17-9(7-4-2-1-3-5-7)16-13-6-8-10(18)14-12(20)15-11(8)19/h6-7H,1-5H2,(H,16,17)(H3,14,15,18,19,20). The Balaban J connectivity index is 2.01. The van der Waals surface area contributed by atoms with Crippen molar-refractivity contribution in [3.63, 3.8) is 0 Å². The Morgan fingerprint density at radius 3 is 2.70 bits per heavy atom. The maximum absolute atomic E-state index is 11.8. The Hall–Kier alpha value is -1.96. The molecule has 108 valence electrons. The van der Waals surface area contributed by atoms with E-state index < -0.39 is 5.56 Å². The third-order valence-corrected chi connectivity index (χ3v) is 3.51. The maximum atomic E-state index is 11.8. The Labute approximate surface area is 120 Å². The highest BCUT2D eigenvalue weighted by atomic mass is 32.1. The Kier molecular flexibility index (Phi) is 4.67. The van der Waals surface area contributed by atoms with Crippen LogP contribution in [0.2, 0.25) is 0 Å². The number of carbonyl (C=O) groups excluding carboxylic acids is 1. The van der Waals surface area contributed by atoms with Crippen LogP contribution < -0.4 is 11.0 Å². The van der Waals surface area contributed by atoms with Crippen LogP contribution in [-0.2, 0) is 4.79 Å². The van der Waals surface area contributed by atoms with Crippen LogP contribution in [0.5, 0.6) is 5.88 Å². The summed E-state index contributed by atoms with van der Waals surface area (Å²) >= 11 is 4.70. The van der Waals surface area contributed by atoms with E-state index in [1.165, 1.54) is 6.42 Å². The van der Waals surface area contributed by atoms with Crippen LogP contribution in [0.4, 0.5) is 0 Å². The molecule has 8 heteroatoms. The van der Waals surface area contributed by atoms with Crippen molar-refractivity contribution in [3.05, 3.63) is 20.7 Å². The molecule has 1 fully saturated rings. The van der Waals surface area contributed by atoms with E-state index in [0.29, 0.717) is 0 Å². The van der Waals surface area contributed by atoms with Gasteiger partial charge >= 0.3 is 0 Å². The van der Waals surface area contributed by atoms with Gasteiger partial charge in [-0.2, -0.15) is 5.10 Å². The van der Waals surface area contributed by atoms with Crippen molar-refractivity contribution in [1.82, 2.24) is 15.4 Å². The van der Waals surface area contributed by atoms with E-state index in [1.807, 2.05) is 0 Å². The monoisotopic (exact) mass is 296 g/mol. The average Bonchev–Trinajstić information content (AvgIpc) is 2.42. The van der Waals surface area contributed by atoms with Crippen LogP contribution in [0.1, 0.15) is 37.7 Å². The molecule has 0 unspecified atom stereocenters. The van der Waals surface area contributed by atoms with E-state index in [4.69, 9.17) is 12.2 Å². The number of amides is 1. The Morgan fingerprint density at radius 1 is 1.35 bits per heavy atom. The second-order valence-corrected chi connectivity index (χ2v) is 5.15. The summed E-state index contributed by atoms with van der Waals surface area (Å²) in [6, 6.07) is 0. The molecule has 4 N–H and O–H groups in total. The van der Waals surface area contributed by atoms with Crippen molar-refractivity contribution in [1.29, 1.82) is 0 Å². The molecule has 2 rings (SSSR count). The fourth-order valence-electron chi connectivity index (χ4n) is 2.22. The number of hydrogen-bond acceptors (Lipinski definition) is 5. The van der Waals surface area contributed by atoms with Gasteiger partial charge in [-0.05, 0) is 25.1 Å². The smallest absolute Gasteiger partial charge is 0.264 e. The minimum atomic E-state index is -0.568. The van der Waals surface area contributed by atoms with Crippen molar-refractivity contribution in [2.75, 3.05) is 0 Å². The van der Waals surface area contributed by atoms with Crippen molar-refractivity contribution < 1.29 is 9.90 Å². The van der Waals surface area contributed by atoms with Gasteiger partial charge in [0.15, 0.2) is 4.77 Å². The van der Waals surface area contributed by atoms with Crippen LogP contribution in [0, 0.1) is 10.7 Å². The third kappa shape index (κ3) is 3.53. The summed E-state index contributed by atoms with van der Waals surface area (Å²) in [7, 11) is 0. The van der Waals surface area contributed by atoms with E-state index in [9.17, 15) is 14.7 Å². The average molecular weight is 296 g/mol. The zero-order valence-electron chi connectivity index (χ0n) is 10.8. The molecule has 1 aromatic heterocycles. The van der Waals surface area contributed by atoms with Crippen LogP contribution in [0.15, 0.2) is 9.90 Å². The fraction of sp³-hybridized carbons (Fsp3) is 0.500. The molecule has 1 aromatic rings. The normalized spacial score (nSPS) is 16.4. The number of nitrogens with one attached hydrogen (secondary N) is 3. The predicted octanol–water partition coefficient (Wildman–Crippen LogP) is 1.17. The van der Waals surface area contributed by atoms with Crippen LogP contribution >= 0.6 is 12.2 Å². The minimum absolute atomic E-state index is 0.0191. The molecule has 0 atom stereocenters. The van der Waals surface area contributed by atoms with Gasteiger partial charge in [0, 0.05) is 5.92 Å². The van der Waals surface area contributed by atoms with Crippen LogP contribution in [0.25, 0.3) is 0 Å². The molecule has 1 saturated carbocycles. The summed E-state index contributed by atoms with van der Waals surface area (Å²) in [5.41, 5.74) is 1.75. The number of H-pyrrole nitrogens is 2. The first kappa shape index (κ1) is 14.4. The molecular formula is C12H16N4O3S. The van der Waals surface area contributed by atoms with Gasteiger partial charge in [0.25, 0.3) is 5.56 Å². The molecule has 0 aromatic carbocycles. The molecule has 20 heavy (non-hydrogen) atoms. The van der Waals surface area contributed by atoms with Gasteiger partial charge in [0.1, 0.15) is 5.56 Å². The van der Waals surface area contributed by atoms with E-state index in [-0.39, 0.29) is 28.0 Å². The Morgan fingerprint density at radius 2 is 2.05 bits per heavy atom. The highest BCUT2D eigenvalue weighted by Gasteiger charge is 2.20. The lowest BCUT2D eigenvalue weighted by Gasteiger charge is -2.19. The van der Waals surface area contributed by atoms with E-state index >= 15 is 0 Å². The van der Waals surface area contributed by atoms with Gasteiger partial charge in [-0.15, -0.1) is 0 Å². The van der Waals surface area contributed by atoms with Gasteiger partial charge < -0.3 is 10.1 Å². The highest BCUT2D eigenvalue weighted by Crippen LogP contribution is 2.23. The fourth-order valence-corrected chi connectivity index (χ4v) is 2.41. The van der Waals surface area contributed by atoms with Gasteiger partial charge in [-0.1, -0.05) is 19.3 Å².